The van der Waals surface area contributed by atoms with Crippen LogP contribution in [0, 0.1) is 12.3 Å². The fraction of sp³-hybridized carbons (Fsp3) is 0.423. The number of aromatic nitrogens is 3. The zero-order chi connectivity index (χ0) is 53.9. The highest BCUT2D eigenvalue weighted by Gasteiger charge is 2.44. The molecule has 1 aliphatic heterocycles. The predicted molar refractivity (Wildman–Crippen MR) is 269 cm³/mol. The van der Waals surface area contributed by atoms with E-state index in [1.54, 1.807) is 49.8 Å². The predicted octanol–water partition coefficient (Wildman–Crippen LogP) is 6.19. The van der Waals surface area contributed by atoms with Crippen LogP contribution in [0.4, 0.5) is 24.8 Å². The molecule has 400 valence electrons. The molecule has 23 heteroatoms. The smallest absolute Gasteiger partial charge is 0.423 e. The molecule has 5 aromatic rings. The summed E-state index contributed by atoms with van der Waals surface area (Å²) in [6.07, 6.45) is -4.46. The van der Waals surface area contributed by atoms with Crippen molar-refractivity contribution in [1.82, 2.24) is 35.8 Å². The number of β-amino-alcohol motifs (C(OH)–C–C–N with tert-alkyl or cyclic N) is 1. The monoisotopic (exact) mass is 1060 g/mol. The van der Waals surface area contributed by atoms with E-state index in [-0.39, 0.29) is 112 Å². The number of aliphatic hydroxyl groups excluding tert-OH is 1. The SMILES string of the molecule is COc1cc(C(=O)NCCOCCOCCOCC(=O)N[C@H](C(=O)N2C[C@H](O)C[C@H]2C(=O)NCc2ccc(-c3scnc3C)cc2)C(C)(C)C)ccc1Nc1ncc(C(F)(F)F)c(Oc2cccc3c2C(=O)CC3)n1. The van der Waals surface area contributed by atoms with Gasteiger partial charge in [0.1, 0.15) is 35.8 Å². The third kappa shape index (κ3) is 14.6. The van der Waals surface area contributed by atoms with Gasteiger partial charge in [-0.25, -0.2) is 9.97 Å². The summed E-state index contributed by atoms with van der Waals surface area (Å²) in [6.45, 7) is 8.00. The van der Waals surface area contributed by atoms with Gasteiger partial charge in [-0.05, 0) is 59.7 Å². The van der Waals surface area contributed by atoms with Gasteiger partial charge in [0.15, 0.2) is 5.78 Å². The van der Waals surface area contributed by atoms with Crippen molar-refractivity contribution < 1.29 is 65.9 Å². The molecular weight excluding hydrogens is 1000 g/mol. The Kier molecular flexibility index (Phi) is 18.6. The number of likely N-dealkylation sites (tertiary alicyclic amines) is 1. The summed E-state index contributed by atoms with van der Waals surface area (Å²) in [4.78, 5) is 80.3. The van der Waals surface area contributed by atoms with Crippen LogP contribution in [0.5, 0.6) is 17.4 Å². The maximum Gasteiger partial charge on any atom is 0.423 e. The number of thiazole rings is 1. The third-order valence-corrected chi connectivity index (χ3v) is 13.2. The van der Waals surface area contributed by atoms with Crippen molar-refractivity contribution in [3.05, 3.63) is 106 Å². The number of hydrogen-bond acceptors (Lipinski definition) is 16. The molecule has 75 heavy (non-hydrogen) atoms. The lowest BCUT2D eigenvalue weighted by atomic mass is 9.85. The number of methoxy groups -OCH3 is 1. The molecular formula is C52H59F3N8O11S. The summed E-state index contributed by atoms with van der Waals surface area (Å²) in [5, 5.41) is 21.7. The summed E-state index contributed by atoms with van der Waals surface area (Å²) in [6, 6.07) is 14.9. The second kappa shape index (κ2) is 25.0. The Bertz CT molecular complexity index is 2840. The molecule has 19 nitrogen and oxygen atoms in total. The van der Waals surface area contributed by atoms with Crippen LogP contribution in [0.3, 0.4) is 0 Å². The zero-order valence-electron chi connectivity index (χ0n) is 42.0. The summed E-state index contributed by atoms with van der Waals surface area (Å²) in [5.74, 6) is -3.08. The van der Waals surface area contributed by atoms with Crippen LogP contribution in [-0.2, 0) is 47.7 Å². The molecule has 3 atom stereocenters. The van der Waals surface area contributed by atoms with Crippen LogP contribution < -0.4 is 30.7 Å². The standard InChI is InChI=1S/C52H59F3N8O11S/c1-30-44(75-29-59-30)33-11-9-31(10-12-33)25-57-47(68)38-24-35(64)27-63(38)49(69)45(51(2,3)4)61-42(66)28-73-22-21-72-20-19-71-18-17-56-46(67)34-13-15-37(41(23-34)70-5)60-50-58-26-36(52(53,54)55)48(62-50)74-40-8-6-7-32-14-16-39(65)43(32)40/h6-13,15,23,26,29,35,38,45,64H,14,16-22,24-25,27-28H2,1-5H3,(H,56,67)(H,57,68)(H,61,66)(H,58,60,62)/t35-,38+,45-/m1/s1. The number of ether oxygens (including phenoxy) is 5. The van der Waals surface area contributed by atoms with Crippen LogP contribution in [0.2, 0.25) is 0 Å². The number of fused-ring (bicyclic) bond motifs is 1. The second-order valence-electron chi connectivity index (χ2n) is 18.7. The molecule has 3 aromatic carbocycles. The Labute approximate surface area is 434 Å². The number of aryl methyl sites for hydroxylation is 2. The minimum Gasteiger partial charge on any atom is -0.495 e. The number of rotatable bonds is 23. The molecule has 4 amide bonds. The van der Waals surface area contributed by atoms with Gasteiger partial charge in [0.2, 0.25) is 29.5 Å². The number of carbonyl (C=O) groups is 5. The Balaban J connectivity index is 0.786. The number of amides is 4. The third-order valence-electron chi connectivity index (χ3n) is 12.2. The van der Waals surface area contributed by atoms with Crippen LogP contribution in [0.15, 0.2) is 72.4 Å². The number of benzene rings is 3. The lowest BCUT2D eigenvalue weighted by Crippen LogP contribution is -2.58. The van der Waals surface area contributed by atoms with Gasteiger partial charge in [0.25, 0.3) is 5.91 Å². The lowest BCUT2D eigenvalue weighted by molar-refractivity contribution is -0.144. The van der Waals surface area contributed by atoms with E-state index >= 15 is 0 Å². The van der Waals surface area contributed by atoms with Crippen molar-refractivity contribution in [2.45, 2.75) is 77.9 Å². The minimum absolute atomic E-state index is 0.0409. The van der Waals surface area contributed by atoms with Gasteiger partial charge in [0.05, 0.1) is 73.6 Å². The number of ketones is 1. The zero-order valence-corrected chi connectivity index (χ0v) is 42.8. The van der Waals surface area contributed by atoms with E-state index in [1.807, 2.05) is 31.2 Å². The van der Waals surface area contributed by atoms with E-state index in [1.165, 1.54) is 36.3 Å². The first-order valence-corrected chi connectivity index (χ1v) is 25.0. The van der Waals surface area contributed by atoms with Crippen LogP contribution >= 0.6 is 11.3 Å². The van der Waals surface area contributed by atoms with Gasteiger partial charge < -0.3 is 55.0 Å². The average Bonchev–Trinajstić information content (AvgIpc) is 4.11. The number of alkyl halides is 3. The van der Waals surface area contributed by atoms with Crippen molar-refractivity contribution in [1.29, 1.82) is 0 Å². The molecule has 1 fully saturated rings. The molecule has 0 unspecified atom stereocenters. The molecule has 2 aromatic heterocycles. The van der Waals surface area contributed by atoms with Crippen molar-refractivity contribution in [3.8, 4) is 27.8 Å². The van der Waals surface area contributed by atoms with Crippen molar-refractivity contribution in [2.75, 3.05) is 65.2 Å². The molecule has 1 aliphatic carbocycles. The summed E-state index contributed by atoms with van der Waals surface area (Å²) < 4.78 is 69.6. The van der Waals surface area contributed by atoms with Gasteiger partial charge in [-0.1, -0.05) is 57.2 Å². The number of anilines is 2. The number of hydrogen-bond donors (Lipinski definition) is 5. The molecule has 3 heterocycles. The van der Waals surface area contributed by atoms with E-state index in [9.17, 15) is 42.3 Å². The highest BCUT2D eigenvalue weighted by Crippen LogP contribution is 2.40. The number of nitrogens with zero attached hydrogens (tertiary/aromatic N) is 4. The Morgan fingerprint density at radius 3 is 2.33 bits per heavy atom. The van der Waals surface area contributed by atoms with Gasteiger partial charge in [-0.2, -0.15) is 18.2 Å². The van der Waals surface area contributed by atoms with Gasteiger partial charge in [-0.15, -0.1) is 11.3 Å². The Morgan fingerprint density at radius 1 is 0.907 bits per heavy atom. The first kappa shape index (κ1) is 55.7. The molecule has 0 saturated carbocycles. The lowest BCUT2D eigenvalue weighted by Gasteiger charge is -2.35. The van der Waals surface area contributed by atoms with E-state index in [2.05, 4.69) is 36.2 Å². The second-order valence-corrected chi connectivity index (χ2v) is 19.6. The number of nitrogens with one attached hydrogen (secondary N) is 4. The maximum absolute atomic E-state index is 14.0. The van der Waals surface area contributed by atoms with Gasteiger partial charge in [0, 0.05) is 44.2 Å². The van der Waals surface area contributed by atoms with E-state index in [4.69, 9.17) is 23.7 Å². The minimum atomic E-state index is -4.86. The number of halogens is 3. The summed E-state index contributed by atoms with van der Waals surface area (Å²) in [7, 11) is 1.35. The number of Topliss-reactive ketones (excluding diaryl/α,β-unsaturated/α-hetero) is 1. The van der Waals surface area contributed by atoms with Crippen LogP contribution in [0.1, 0.15) is 76.7 Å². The maximum atomic E-state index is 14.0. The number of aliphatic hydroxyl groups is 1. The van der Waals surface area contributed by atoms with Crippen molar-refractivity contribution in [3.63, 3.8) is 0 Å². The number of carbonyl (C=O) groups excluding carboxylic acids is 5. The fourth-order valence-electron chi connectivity index (χ4n) is 8.35. The Hall–Kier alpha value is -7.05. The quantitative estimate of drug-likeness (QED) is 0.0459. The van der Waals surface area contributed by atoms with Crippen molar-refractivity contribution in [2.24, 2.45) is 5.41 Å². The molecule has 2 aliphatic rings. The van der Waals surface area contributed by atoms with E-state index in [0.717, 1.165) is 21.7 Å². The van der Waals surface area contributed by atoms with Crippen LogP contribution in [0.25, 0.3) is 10.4 Å². The largest absolute Gasteiger partial charge is 0.495 e. The molecule has 5 N–H and O–H groups in total. The van der Waals surface area contributed by atoms with Gasteiger partial charge >= 0.3 is 6.18 Å². The first-order chi connectivity index (χ1) is 35.8. The summed E-state index contributed by atoms with van der Waals surface area (Å²) in [5.41, 5.74) is 3.98. The molecule has 0 radical (unpaired) electrons. The van der Waals surface area contributed by atoms with E-state index < -0.39 is 64.9 Å². The highest BCUT2D eigenvalue weighted by molar-refractivity contribution is 7.13. The average molecular weight is 1060 g/mol. The molecule has 0 bridgehead atoms. The van der Waals surface area contributed by atoms with Gasteiger partial charge in [-0.3, -0.25) is 24.0 Å². The fourth-order valence-corrected chi connectivity index (χ4v) is 9.16. The Morgan fingerprint density at radius 2 is 1.64 bits per heavy atom. The summed E-state index contributed by atoms with van der Waals surface area (Å²) >= 11 is 1.55. The molecule has 7 rings (SSSR count). The first-order valence-electron chi connectivity index (χ1n) is 24.1. The van der Waals surface area contributed by atoms with Crippen molar-refractivity contribution >= 4 is 52.4 Å². The topological polar surface area (TPSA) is 242 Å². The highest BCUT2D eigenvalue weighted by atomic mass is 32.1. The normalized spacial score (nSPS) is 15.8. The van der Waals surface area contributed by atoms with Crippen LogP contribution in [-0.4, -0.2) is 132 Å². The molecule has 0 spiro atoms. The van der Waals surface area contributed by atoms with E-state index in [0.29, 0.717) is 18.2 Å². The molecule has 1 saturated heterocycles.